The van der Waals surface area contributed by atoms with E-state index in [1.807, 2.05) is 0 Å². The van der Waals surface area contributed by atoms with E-state index in [0.717, 1.165) is 25.7 Å². The van der Waals surface area contributed by atoms with E-state index in [0.29, 0.717) is 11.6 Å². The van der Waals surface area contributed by atoms with Crippen molar-refractivity contribution in [1.82, 2.24) is 0 Å². The molecular formula is C12H16O2. The molecule has 0 amide bonds. The molecule has 4 unspecified atom stereocenters. The Hall–Kier alpha value is -0.660. The van der Waals surface area contributed by atoms with Crippen LogP contribution >= 0.6 is 0 Å². The van der Waals surface area contributed by atoms with Gasteiger partial charge in [-0.25, -0.2) is 0 Å². The fourth-order valence-electron chi connectivity index (χ4n) is 3.83. The average molecular weight is 192 g/mol. The predicted octanol–water partition coefficient (Wildman–Crippen LogP) is 1.97. The molecule has 76 valence electrons. The number of fused-ring (bicyclic) bond motifs is 6. The molecule has 0 aliphatic heterocycles. The molecule has 4 bridgehead atoms. The third kappa shape index (κ3) is 0.971. The van der Waals surface area contributed by atoms with E-state index in [2.05, 4.69) is 0 Å². The molecule has 3 rings (SSSR count). The number of Topliss-reactive ketones (excluding diaryl/α,β-unsaturated/α-hetero) is 2. The van der Waals surface area contributed by atoms with Gasteiger partial charge >= 0.3 is 0 Å². The zero-order valence-corrected chi connectivity index (χ0v) is 8.37. The van der Waals surface area contributed by atoms with Crippen LogP contribution in [-0.2, 0) is 9.59 Å². The van der Waals surface area contributed by atoms with Crippen LogP contribution in [0.25, 0.3) is 0 Å². The van der Waals surface area contributed by atoms with Crippen molar-refractivity contribution in [3.8, 4) is 0 Å². The number of hydrogen-bond donors (Lipinski definition) is 0. The van der Waals surface area contributed by atoms with Crippen molar-refractivity contribution in [3.05, 3.63) is 0 Å². The highest BCUT2D eigenvalue weighted by atomic mass is 16.1. The number of hydrogen-bond acceptors (Lipinski definition) is 2. The normalized spacial score (nSPS) is 46.6. The first kappa shape index (κ1) is 8.63. The molecule has 2 heteroatoms. The molecule has 14 heavy (non-hydrogen) atoms. The molecule has 0 radical (unpaired) electrons. The summed E-state index contributed by atoms with van der Waals surface area (Å²) < 4.78 is 0. The van der Waals surface area contributed by atoms with Gasteiger partial charge in [-0.15, -0.1) is 0 Å². The number of carbonyl (C=O) groups is 2. The summed E-state index contributed by atoms with van der Waals surface area (Å²) in [7, 11) is 0. The maximum Gasteiger partial charge on any atom is 0.140 e. The van der Waals surface area contributed by atoms with E-state index >= 15 is 0 Å². The lowest BCUT2D eigenvalue weighted by Crippen LogP contribution is -2.51. The monoisotopic (exact) mass is 192 g/mol. The largest absolute Gasteiger partial charge is 0.299 e. The Morgan fingerprint density at radius 1 is 0.643 bits per heavy atom. The van der Waals surface area contributed by atoms with Gasteiger partial charge in [0, 0.05) is 23.7 Å². The predicted molar refractivity (Wildman–Crippen MR) is 51.7 cm³/mol. The van der Waals surface area contributed by atoms with Gasteiger partial charge in [-0.1, -0.05) is 12.8 Å². The Bertz CT molecular complexity index is 241. The van der Waals surface area contributed by atoms with Crippen molar-refractivity contribution >= 4 is 11.6 Å². The number of rotatable bonds is 0. The molecule has 4 atom stereocenters. The first-order chi connectivity index (χ1) is 6.79. The van der Waals surface area contributed by atoms with Gasteiger partial charge in [0.15, 0.2) is 0 Å². The molecule has 3 saturated carbocycles. The van der Waals surface area contributed by atoms with Gasteiger partial charge in [-0.2, -0.15) is 0 Å². The summed E-state index contributed by atoms with van der Waals surface area (Å²) in [5.74, 6) is 1.36. The van der Waals surface area contributed by atoms with E-state index in [-0.39, 0.29) is 23.7 Å². The molecule has 3 aliphatic rings. The zero-order chi connectivity index (χ0) is 9.71. The summed E-state index contributed by atoms with van der Waals surface area (Å²) >= 11 is 0. The van der Waals surface area contributed by atoms with Gasteiger partial charge < -0.3 is 0 Å². The van der Waals surface area contributed by atoms with Crippen LogP contribution in [0.3, 0.4) is 0 Å². The molecule has 2 nitrogen and oxygen atoms in total. The van der Waals surface area contributed by atoms with Gasteiger partial charge in [0.05, 0.1) is 0 Å². The van der Waals surface area contributed by atoms with Gasteiger partial charge in [0.2, 0.25) is 0 Å². The average Bonchev–Trinajstić information content (AvgIpc) is 2.19. The van der Waals surface area contributed by atoms with Crippen LogP contribution in [-0.4, -0.2) is 11.6 Å². The molecule has 0 aromatic rings. The van der Waals surface area contributed by atoms with Crippen LogP contribution in [0.5, 0.6) is 0 Å². The maximum atomic E-state index is 12.0. The standard InChI is InChI=1S/C12H16O2/c13-11-7-3-1-4-8(11)10-6-2-5-9(7)12(10)14/h7-10H,1-6H2. The lowest BCUT2D eigenvalue weighted by molar-refractivity contribution is -0.153. The van der Waals surface area contributed by atoms with E-state index in [1.165, 1.54) is 12.8 Å². The summed E-state index contributed by atoms with van der Waals surface area (Å²) in [5.41, 5.74) is 0. The third-order valence-electron chi connectivity index (χ3n) is 4.49. The minimum absolute atomic E-state index is 0.123. The fourth-order valence-corrected chi connectivity index (χ4v) is 3.83. The van der Waals surface area contributed by atoms with E-state index in [9.17, 15) is 9.59 Å². The van der Waals surface area contributed by atoms with Crippen molar-refractivity contribution in [1.29, 1.82) is 0 Å². The minimum atomic E-state index is 0.123. The van der Waals surface area contributed by atoms with Crippen LogP contribution < -0.4 is 0 Å². The molecule has 0 aromatic carbocycles. The highest BCUT2D eigenvalue weighted by Crippen LogP contribution is 2.48. The van der Waals surface area contributed by atoms with E-state index in [4.69, 9.17) is 0 Å². The Labute approximate surface area is 84.1 Å². The summed E-state index contributed by atoms with van der Waals surface area (Å²) in [6.45, 7) is 0. The minimum Gasteiger partial charge on any atom is -0.299 e. The Morgan fingerprint density at radius 2 is 0.929 bits per heavy atom. The first-order valence-corrected chi connectivity index (χ1v) is 5.86. The van der Waals surface area contributed by atoms with Crippen molar-refractivity contribution in [2.24, 2.45) is 23.7 Å². The van der Waals surface area contributed by atoms with E-state index < -0.39 is 0 Å². The van der Waals surface area contributed by atoms with Crippen LogP contribution in [0.2, 0.25) is 0 Å². The fraction of sp³-hybridized carbons (Fsp3) is 0.833. The van der Waals surface area contributed by atoms with Crippen molar-refractivity contribution in [2.45, 2.75) is 38.5 Å². The second-order valence-electron chi connectivity index (χ2n) is 5.09. The van der Waals surface area contributed by atoms with Crippen molar-refractivity contribution < 1.29 is 9.59 Å². The molecule has 0 spiro atoms. The molecule has 0 N–H and O–H groups in total. The summed E-state index contributed by atoms with van der Waals surface area (Å²) in [6, 6.07) is 0. The lowest BCUT2D eigenvalue weighted by Gasteiger charge is -2.45. The highest BCUT2D eigenvalue weighted by Gasteiger charge is 2.52. The van der Waals surface area contributed by atoms with Crippen LogP contribution in [0.15, 0.2) is 0 Å². The summed E-state index contributed by atoms with van der Waals surface area (Å²) in [6.07, 6.45) is 6.27. The Kier molecular flexibility index (Phi) is 1.80. The first-order valence-electron chi connectivity index (χ1n) is 5.86. The van der Waals surface area contributed by atoms with Crippen molar-refractivity contribution in [2.75, 3.05) is 0 Å². The molecule has 3 fully saturated rings. The van der Waals surface area contributed by atoms with Gasteiger partial charge in [-0.05, 0) is 25.7 Å². The molecule has 3 aliphatic carbocycles. The molecular weight excluding hydrogens is 176 g/mol. The van der Waals surface area contributed by atoms with Crippen molar-refractivity contribution in [3.63, 3.8) is 0 Å². The number of carbonyl (C=O) groups excluding carboxylic acids is 2. The van der Waals surface area contributed by atoms with Crippen LogP contribution in [0, 0.1) is 23.7 Å². The SMILES string of the molecule is O=C1C2CCCC1C1CCCC2C1=O. The smallest absolute Gasteiger partial charge is 0.140 e. The summed E-state index contributed by atoms with van der Waals surface area (Å²) in [4.78, 5) is 24.0. The molecule has 0 saturated heterocycles. The second kappa shape index (κ2) is 2.91. The maximum absolute atomic E-state index is 12.0. The van der Waals surface area contributed by atoms with Gasteiger partial charge in [0.25, 0.3) is 0 Å². The quantitative estimate of drug-likeness (QED) is 0.588. The summed E-state index contributed by atoms with van der Waals surface area (Å²) in [5, 5.41) is 0. The van der Waals surface area contributed by atoms with E-state index in [1.54, 1.807) is 0 Å². The van der Waals surface area contributed by atoms with Crippen LogP contribution in [0.1, 0.15) is 38.5 Å². The number of ketones is 2. The molecule has 0 aromatic heterocycles. The lowest BCUT2D eigenvalue weighted by atomic mass is 9.56. The zero-order valence-electron chi connectivity index (χ0n) is 8.37. The Balaban J connectivity index is 2.01. The second-order valence-corrected chi connectivity index (χ2v) is 5.09. The molecule has 0 heterocycles. The van der Waals surface area contributed by atoms with Crippen LogP contribution in [0.4, 0.5) is 0 Å². The Morgan fingerprint density at radius 3 is 1.21 bits per heavy atom. The highest BCUT2D eigenvalue weighted by molar-refractivity contribution is 6.00. The third-order valence-corrected chi connectivity index (χ3v) is 4.49. The van der Waals surface area contributed by atoms with Gasteiger partial charge in [-0.3, -0.25) is 9.59 Å². The topological polar surface area (TPSA) is 34.1 Å². The van der Waals surface area contributed by atoms with Gasteiger partial charge in [0.1, 0.15) is 11.6 Å².